The molecule has 1 aromatic heterocycles. The van der Waals surface area contributed by atoms with Gasteiger partial charge in [0.15, 0.2) is 5.17 Å². The van der Waals surface area contributed by atoms with Crippen LogP contribution in [0.4, 0.5) is 5.69 Å². The van der Waals surface area contributed by atoms with E-state index < -0.39 is 17.8 Å². The molecule has 0 aliphatic carbocycles. The van der Waals surface area contributed by atoms with Gasteiger partial charge in [-0.3, -0.25) is 9.69 Å². The van der Waals surface area contributed by atoms with E-state index in [9.17, 15) is 14.4 Å². The number of methoxy groups -OCH3 is 1. The first-order valence-corrected chi connectivity index (χ1v) is 8.53. The summed E-state index contributed by atoms with van der Waals surface area (Å²) in [5, 5.41) is 9.31. The average molecular weight is 386 g/mol. The Hall–Kier alpha value is -3.33. The topological polar surface area (TPSA) is 109 Å². The minimum Gasteiger partial charge on any atom is -0.478 e. The zero-order valence-corrected chi connectivity index (χ0v) is 14.9. The van der Waals surface area contributed by atoms with Gasteiger partial charge in [0.05, 0.1) is 36.1 Å². The van der Waals surface area contributed by atoms with Gasteiger partial charge in [0.2, 0.25) is 0 Å². The van der Waals surface area contributed by atoms with Crippen LogP contribution in [0.2, 0.25) is 0 Å². The molecule has 27 heavy (non-hydrogen) atoms. The number of benzene rings is 1. The van der Waals surface area contributed by atoms with E-state index in [4.69, 9.17) is 9.52 Å². The molecule has 0 saturated carbocycles. The number of nitrogens with zero attached hydrogens (tertiary/aromatic N) is 2. The van der Waals surface area contributed by atoms with Crippen LogP contribution in [-0.2, 0) is 20.9 Å². The van der Waals surface area contributed by atoms with E-state index >= 15 is 0 Å². The summed E-state index contributed by atoms with van der Waals surface area (Å²) in [7, 11) is 1.23. The van der Waals surface area contributed by atoms with Gasteiger partial charge in [-0.1, -0.05) is 0 Å². The average Bonchev–Trinajstić information content (AvgIpc) is 3.26. The fourth-order valence-electron chi connectivity index (χ4n) is 2.24. The van der Waals surface area contributed by atoms with Crippen LogP contribution in [0.15, 0.2) is 63.1 Å². The Labute approximate surface area is 158 Å². The Morgan fingerprint density at radius 3 is 2.63 bits per heavy atom. The first-order chi connectivity index (χ1) is 13.0. The molecule has 1 aromatic carbocycles. The maximum Gasteiger partial charge on any atom is 0.335 e. The van der Waals surface area contributed by atoms with Gasteiger partial charge in [-0.05, 0) is 48.2 Å². The van der Waals surface area contributed by atoms with E-state index in [2.05, 4.69) is 9.73 Å². The molecule has 8 nitrogen and oxygen atoms in total. The van der Waals surface area contributed by atoms with Crippen LogP contribution in [0.25, 0.3) is 0 Å². The zero-order chi connectivity index (χ0) is 19.4. The number of hydrogen-bond donors (Lipinski definition) is 1. The van der Waals surface area contributed by atoms with Crippen LogP contribution in [0.5, 0.6) is 0 Å². The molecular formula is C18H14N2O6S. The number of rotatable bonds is 5. The largest absolute Gasteiger partial charge is 0.478 e. The summed E-state index contributed by atoms with van der Waals surface area (Å²) >= 11 is 1.03. The lowest BCUT2D eigenvalue weighted by molar-refractivity contribution is -0.135. The molecular weight excluding hydrogens is 372 g/mol. The molecule has 138 valence electrons. The smallest absolute Gasteiger partial charge is 0.335 e. The molecule has 0 atom stereocenters. The minimum absolute atomic E-state index is 0.132. The second kappa shape index (κ2) is 7.92. The quantitative estimate of drug-likeness (QED) is 0.621. The molecule has 1 amide bonds. The number of amides is 1. The van der Waals surface area contributed by atoms with Crippen LogP contribution in [0.1, 0.15) is 16.1 Å². The number of carbonyl (C=O) groups is 3. The van der Waals surface area contributed by atoms with Crippen molar-refractivity contribution in [2.24, 2.45) is 4.99 Å². The summed E-state index contributed by atoms with van der Waals surface area (Å²) in [6.07, 6.45) is 2.61. The summed E-state index contributed by atoms with van der Waals surface area (Å²) in [5.41, 5.74) is 0.604. The molecule has 9 heteroatoms. The Kier molecular flexibility index (Phi) is 5.41. The molecule has 1 N–H and O–H groups in total. The number of thioether (sulfide) groups is 1. The van der Waals surface area contributed by atoms with Crippen molar-refractivity contribution in [3.05, 3.63) is 65.0 Å². The molecule has 0 bridgehead atoms. The maximum atomic E-state index is 12.7. The van der Waals surface area contributed by atoms with Gasteiger partial charge >= 0.3 is 11.9 Å². The Morgan fingerprint density at radius 1 is 1.30 bits per heavy atom. The highest BCUT2D eigenvalue weighted by atomic mass is 32.2. The second-order valence-electron chi connectivity index (χ2n) is 5.35. The van der Waals surface area contributed by atoms with Gasteiger partial charge in [-0.2, -0.15) is 0 Å². The van der Waals surface area contributed by atoms with E-state index in [1.807, 2.05) is 0 Å². The van der Waals surface area contributed by atoms with E-state index in [1.165, 1.54) is 42.5 Å². The predicted molar refractivity (Wildman–Crippen MR) is 97.4 cm³/mol. The molecule has 1 fully saturated rings. The normalized spacial score (nSPS) is 16.9. The summed E-state index contributed by atoms with van der Waals surface area (Å²) in [6, 6.07) is 9.34. The van der Waals surface area contributed by atoms with Crippen LogP contribution in [0.3, 0.4) is 0 Å². The summed E-state index contributed by atoms with van der Waals surface area (Å²) < 4.78 is 9.86. The number of aromatic carboxylic acids is 1. The molecule has 1 aliphatic heterocycles. The zero-order valence-electron chi connectivity index (χ0n) is 14.1. The predicted octanol–water partition coefficient (Wildman–Crippen LogP) is 2.80. The molecule has 2 aromatic rings. The number of amidine groups is 1. The lowest BCUT2D eigenvalue weighted by Crippen LogP contribution is -2.28. The lowest BCUT2D eigenvalue weighted by atomic mass is 10.2. The highest BCUT2D eigenvalue weighted by Crippen LogP contribution is 2.34. The van der Waals surface area contributed by atoms with Crippen molar-refractivity contribution in [3.8, 4) is 0 Å². The number of furan rings is 1. The molecule has 0 unspecified atom stereocenters. The van der Waals surface area contributed by atoms with E-state index in [1.54, 1.807) is 12.1 Å². The van der Waals surface area contributed by atoms with Gasteiger partial charge in [0.25, 0.3) is 5.91 Å². The third-order valence-electron chi connectivity index (χ3n) is 3.57. The third kappa shape index (κ3) is 4.26. The Bertz CT molecular complexity index is 931. The summed E-state index contributed by atoms with van der Waals surface area (Å²) in [6.45, 7) is 0.142. The number of hydrogen-bond acceptors (Lipinski definition) is 7. The maximum absolute atomic E-state index is 12.7. The number of carbonyl (C=O) groups excluding carboxylic acids is 2. The number of esters is 1. The van der Waals surface area contributed by atoms with Crippen LogP contribution >= 0.6 is 11.8 Å². The lowest BCUT2D eigenvalue weighted by Gasteiger charge is -2.13. The Morgan fingerprint density at radius 2 is 2.04 bits per heavy atom. The second-order valence-corrected chi connectivity index (χ2v) is 6.36. The van der Waals surface area contributed by atoms with Crippen molar-refractivity contribution < 1.29 is 28.6 Å². The highest BCUT2D eigenvalue weighted by Gasteiger charge is 2.34. The number of carboxylic acid groups (broad SMARTS) is 1. The van der Waals surface area contributed by atoms with Crippen molar-refractivity contribution in [1.82, 2.24) is 4.90 Å². The molecule has 1 aliphatic rings. The molecule has 3 rings (SSSR count). The number of aliphatic imine (C=N–C) groups is 1. The van der Waals surface area contributed by atoms with Crippen LogP contribution in [0, 0.1) is 0 Å². The molecule has 0 radical (unpaired) electrons. The van der Waals surface area contributed by atoms with Crippen molar-refractivity contribution in [2.45, 2.75) is 6.54 Å². The first kappa shape index (κ1) is 18.5. The van der Waals surface area contributed by atoms with E-state index in [0.717, 1.165) is 17.8 Å². The van der Waals surface area contributed by atoms with Gasteiger partial charge < -0.3 is 14.3 Å². The van der Waals surface area contributed by atoms with Gasteiger partial charge in [-0.15, -0.1) is 0 Å². The van der Waals surface area contributed by atoms with Gasteiger partial charge in [0, 0.05) is 6.08 Å². The monoisotopic (exact) mass is 386 g/mol. The summed E-state index contributed by atoms with van der Waals surface area (Å²) in [4.78, 5) is 41.1. The van der Waals surface area contributed by atoms with Crippen molar-refractivity contribution in [1.29, 1.82) is 0 Å². The first-order valence-electron chi connectivity index (χ1n) is 7.71. The fourth-order valence-corrected chi connectivity index (χ4v) is 3.20. The summed E-state index contributed by atoms with van der Waals surface area (Å²) in [5.74, 6) is -1.53. The Balaban J connectivity index is 1.93. The molecule has 1 saturated heterocycles. The number of carboxylic acids is 1. The van der Waals surface area contributed by atoms with Gasteiger partial charge in [-0.25, -0.2) is 14.6 Å². The highest BCUT2D eigenvalue weighted by molar-refractivity contribution is 8.18. The van der Waals surface area contributed by atoms with E-state index in [-0.39, 0.29) is 17.0 Å². The number of ether oxygens (including phenoxy) is 1. The van der Waals surface area contributed by atoms with Crippen LogP contribution < -0.4 is 0 Å². The third-order valence-corrected chi connectivity index (χ3v) is 4.58. The van der Waals surface area contributed by atoms with E-state index in [0.29, 0.717) is 16.6 Å². The molecule has 2 heterocycles. The SMILES string of the molecule is COC(=O)/C=C1/SC(=Nc2ccc(C(=O)O)cc2)N(Cc2ccco2)C1=O. The van der Waals surface area contributed by atoms with Crippen LogP contribution in [-0.4, -0.2) is 40.1 Å². The van der Waals surface area contributed by atoms with Crippen molar-refractivity contribution in [3.63, 3.8) is 0 Å². The minimum atomic E-state index is -1.04. The fraction of sp³-hybridized carbons (Fsp3) is 0.111. The standard InChI is InChI=1S/C18H14N2O6S/c1-25-15(21)9-14-16(22)20(10-13-3-2-8-26-13)18(27-14)19-12-6-4-11(5-7-12)17(23)24/h2-9H,10H2,1H3,(H,23,24)/b14-9+,19-18?. The van der Waals surface area contributed by atoms with Gasteiger partial charge in [0.1, 0.15) is 5.76 Å². The molecule has 0 spiro atoms. The van der Waals surface area contributed by atoms with Crippen molar-refractivity contribution in [2.75, 3.05) is 7.11 Å². The van der Waals surface area contributed by atoms with Crippen molar-refractivity contribution >= 4 is 40.5 Å².